The van der Waals surface area contributed by atoms with E-state index >= 15 is 4.39 Å². The SMILES string of the molecule is Cc1c(N2CC[C@H](NC(=O)OC(C)(C)C)C2)c(F)c(N)c2c(=O)c(C(=O)O)cn(C3CC3)c12. The number of carbonyl (C=O) groups is 2. The van der Waals surface area contributed by atoms with Crippen LogP contribution < -0.4 is 21.4 Å². The lowest BCUT2D eigenvalue weighted by molar-refractivity contribution is 0.0508. The van der Waals surface area contributed by atoms with Crippen LogP contribution in [0.2, 0.25) is 0 Å². The predicted octanol–water partition coefficient (Wildman–Crippen LogP) is 3.17. The number of carboxylic acids is 1. The van der Waals surface area contributed by atoms with Gasteiger partial charge >= 0.3 is 12.1 Å². The number of halogens is 1. The summed E-state index contributed by atoms with van der Waals surface area (Å²) < 4.78 is 22.6. The van der Waals surface area contributed by atoms with Gasteiger partial charge in [0.25, 0.3) is 0 Å². The fraction of sp³-hybridized carbons (Fsp3) is 0.522. The molecule has 4 N–H and O–H groups in total. The van der Waals surface area contributed by atoms with E-state index in [0.717, 1.165) is 12.8 Å². The second-order valence-electron chi connectivity index (χ2n) is 9.82. The van der Waals surface area contributed by atoms with E-state index < -0.39 is 34.5 Å². The molecule has 1 saturated carbocycles. The molecule has 2 aliphatic rings. The van der Waals surface area contributed by atoms with Crippen LogP contribution in [0.5, 0.6) is 0 Å². The maximum Gasteiger partial charge on any atom is 0.407 e. The van der Waals surface area contributed by atoms with Gasteiger partial charge in [-0.1, -0.05) is 0 Å². The number of nitrogen functional groups attached to an aromatic ring is 1. The van der Waals surface area contributed by atoms with Crippen molar-refractivity contribution in [3.05, 3.63) is 33.4 Å². The minimum atomic E-state index is -1.37. The molecule has 178 valence electrons. The van der Waals surface area contributed by atoms with E-state index in [1.807, 2.05) is 0 Å². The minimum Gasteiger partial charge on any atom is -0.477 e. The Bertz CT molecular complexity index is 1210. The van der Waals surface area contributed by atoms with Crippen LogP contribution in [0.3, 0.4) is 0 Å². The number of aromatic nitrogens is 1. The number of nitrogens with zero attached hydrogens (tertiary/aromatic N) is 2. The monoisotopic (exact) mass is 460 g/mol. The van der Waals surface area contributed by atoms with Gasteiger partial charge in [-0.2, -0.15) is 0 Å². The van der Waals surface area contributed by atoms with Crippen LogP contribution >= 0.6 is 0 Å². The molecule has 0 unspecified atom stereocenters. The Balaban J connectivity index is 1.75. The standard InChI is InChI=1S/C23H29FN4O5/c1-11-18-15(20(29)14(21(30)31)10-28(18)13-5-6-13)17(25)16(24)19(11)27-8-7-12(9-27)26-22(32)33-23(2,3)4/h10,12-13H,5-9,25H2,1-4H3,(H,26,32)(H,30,31)/t12-/m0/s1. The minimum absolute atomic E-state index is 0.0442. The molecular weight excluding hydrogens is 431 g/mol. The zero-order valence-corrected chi connectivity index (χ0v) is 19.2. The number of carbonyl (C=O) groups excluding carboxylic acids is 1. The first-order valence-electron chi connectivity index (χ1n) is 11.0. The number of aryl methyl sites for hydroxylation is 1. The van der Waals surface area contributed by atoms with E-state index in [1.165, 1.54) is 6.20 Å². The highest BCUT2D eigenvalue weighted by Gasteiger charge is 2.34. The first-order valence-corrected chi connectivity index (χ1v) is 11.0. The second kappa shape index (κ2) is 7.93. The van der Waals surface area contributed by atoms with E-state index in [0.29, 0.717) is 30.6 Å². The van der Waals surface area contributed by atoms with Crippen molar-refractivity contribution in [2.75, 3.05) is 23.7 Å². The summed E-state index contributed by atoms with van der Waals surface area (Å²) in [5.74, 6) is -2.12. The lowest BCUT2D eigenvalue weighted by atomic mass is 10.0. The molecule has 1 aliphatic heterocycles. The van der Waals surface area contributed by atoms with Gasteiger partial charge in [-0.3, -0.25) is 4.79 Å². The molecule has 2 aromatic rings. The van der Waals surface area contributed by atoms with E-state index in [-0.39, 0.29) is 28.8 Å². The Kier molecular flexibility index (Phi) is 5.50. The quantitative estimate of drug-likeness (QED) is 0.598. The molecule has 0 radical (unpaired) electrons. The van der Waals surface area contributed by atoms with Crippen molar-refractivity contribution in [1.82, 2.24) is 9.88 Å². The zero-order chi connectivity index (χ0) is 24.2. The van der Waals surface area contributed by atoms with Gasteiger partial charge < -0.3 is 30.4 Å². The molecule has 33 heavy (non-hydrogen) atoms. The highest BCUT2D eigenvalue weighted by Crippen LogP contribution is 2.42. The molecule has 9 nitrogen and oxygen atoms in total. The summed E-state index contributed by atoms with van der Waals surface area (Å²) in [6, 6.07) is -0.196. The third-order valence-corrected chi connectivity index (χ3v) is 6.06. The van der Waals surface area contributed by atoms with Crippen molar-refractivity contribution < 1.29 is 23.8 Å². The molecule has 2 heterocycles. The largest absolute Gasteiger partial charge is 0.477 e. The molecule has 1 aromatic carbocycles. The van der Waals surface area contributed by atoms with Gasteiger partial charge in [-0.05, 0) is 52.5 Å². The fourth-order valence-electron chi connectivity index (χ4n) is 4.50. The van der Waals surface area contributed by atoms with Gasteiger partial charge in [0.15, 0.2) is 5.82 Å². The number of nitrogens with two attached hydrogens (primary N) is 1. The molecule has 1 saturated heterocycles. The van der Waals surface area contributed by atoms with Gasteiger partial charge in [-0.15, -0.1) is 0 Å². The first-order chi connectivity index (χ1) is 15.4. The summed E-state index contributed by atoms with van der Waals surface area (Å²) >= 11 is 0. The average Bonchev–Trinajstić information content (AvgIpc) is 3.44. The van der Waals surface area contributed by atoms with E-state index in [9.17, 15) is 19.5 Å². The number of benzene rings is 1. The maximum atomic E-state index is 15.5. The number of alkyl carbamates (subject to hydrolysis) is 1. The molecule has 2 fully saturated rings. The summed E-state index contributed by atoms with van der Waals surface area (Å²) in [7, 11) is 0. The van der Waals surface area contributed by atoms with Crippen LogP contribution in [0, 0.1) is 12.7 Å². The average molecular weight is 461 g/mol. The Hall–Kier alpha value is -3.30. The van der Waals surface area contributed by atoms with Crippen molar-refractivity contribution in [2.45, 2.75) is 64.6 Å². The van der Waals surface area contributed by atoms with Crippen LogP contribution in [-0.4, -0.2) is 46.5 Å². The molecule has 1 amide bonds. The van der Waals surface area contributed by atoms with E-state index in [4.69, 9.17) is 10.5 Å². The molecular formula is C23H29FN4O5. The normalized spacial score (nSPS) is 18.6. The van der Waals surface area contributed by atoms with Gasteiger partial charge in [0.05, 0.1) is 28.3 Å². The Morgan fingerprint density at radius 1 is 1.27 bits per heavy atom. The summed E-state index contributed by atoms with van der Waals surface area (Å²) in [6.45, 7) is 7.87. The Labute approximate surface area is 190 Å². The molecule has 1 aromatic heterocycles. The number of fused-ring (bicyclic) bond motifs is 1. The predicted molar refractivity (Wildman–Crippen MR) is 123 cm³/mol. The molecule has 1 atom stereocenters. The molecule has 1 aliphatic carbocycles. The third kappa shape index (κ3) is 4.21. The highest BCUT2D eigenvalue weighted by molar-refractivity contribution is 6.01. The molecule has 4 rings (SSSR count). The fourth-order valence-corrected chi connectivity index (χ4v) is 4.50. The van der Waals surface area contributed by atoms with Gasteiger partial charge in [0.1, 0.15) is 11.2 Å². The van der Waals surface area contributed by atoms with Gasteiger partial charge in [-0.25, -0.2) is 14.0 Å². The topological polar surface area (TPSA) is 127 Å². The number of hydrogen-bond donors (Lipinski definition) is 3. The number of nitrogens with one attached hydrogen (secondary N) is 1. The number of hydrogen-bond acceptors (Lipinski definition) is 6. The van der Waals surface area contributed by atoms with Crippen LogP contribution in [0.15, 0.2) is 11.0 Å². The summed E-state index contributed by atoms with van der Waals surface area (Å²) in [6.07, 6.45) is 3.08. The van der Waals surface area contributed by atoms with Crippen molar-refractivity contribution in [3.8, 4) is 0 Å². The number of ether oxygens (including phenoxy) is 1. The smallest absolute Gasteiger partial charge is 0.407 e. The van der Waals surface area contributed by atoms with Crippen LogP contribution in [0.4, 0.5) is 20.6 Å². The van der Waals surface area contributed by atoms with Crippen LogP contribution in [0.1, 0.15) is 62.0 Å². The van der Waals surface area contributed by atoms with Crippen LogP contribution in [0.25, 0.3) is 10.9 Å². The van der Waals surface area contributed by atoms with Gasteiger partial charge in [0.2, 0.25) is 5.43 Å². The Morgan fingerprint density at radius 2 is 1.94 bits per heavy atom. The number of amides is 1. The van der Waals surface area contributed by atoms with Gasteiger partial charge in [0, 0.05) is 25.3 Å². The first kappa shape index (κ1) is 22.9. The lowest BCUT2D eigenvalue weighted by Gasteiger charge is -2.26. The summed E-state index contributed by atoms with van der Waals surface area (Å²) in [5, 5.41) is 12.2. The molecule has 10 heteroatoms. The number of pyridine rings is 1. The highest BCUT2D eigenvalue weighted by atomic mass is 19.1. The summed E-state index contributed by atoms with van der Waals surface area (Å²) in [5.41, 5.74) is 5.17. The Morgan fingerprint density at radius 3 is 2.52 bits per heavy atom. The van der Waals surface area contributed by atoms with Crippen molar-refractivity contribution in [3.63, 3.8) is 0 Å². The van der Waals surface area contributed by atoms with Crippen molar-refractivity contribution in [1.29, 1.82) is 0 Å². The number of anilines is 2. The zero-order valence-electron chi connectivity index (χ0n) is 19.2. The maximum absolute atomic E-state index is 15.5. The number of aromatic carboxylic acids is 1. The molecule has 0 bridgehead atoms. The van der Waals surface area contributed by atoms with Crippen LogP contribution in [-0.2, 0) is 4.74 Å². The molecule has 0 spiro atoms. The number of carboxylic acid groups (broad SMARTS) is 1. The summed E-state index contributed by atoms with van der Waals surface area (Å²) in [4.78, 5) is 38.5. The second-order valence-corrected chi connectivity index (χ2v) is 9.82. The number of rotatable bonds is 4. The van der Waals surface area contributed by atoms with Crippen molar-refractivity contribution in [2.24, 2.45) is 0 Å². The third-order valence-electron chi connectivity index (χ3n) is 6.06. The lowest BCUT2D eigenvalue weighted by Crippen LogP contribution is -2.40. The van der Waals surface area contributed by atoms with E-state index in [1.54, 1.807) is 37.2 Å². The van der Waals surface area contributed by atoms with E-state index in [2.05, 4.69) is 5.32 Å². The van der Waals surface area contributed by atoms with Crippen molar-refractivity contribution >= 4 is 34.3 Å².